The number of benzene rings is 1. The Morgan fingerprint density at radius 1 is 1.30 bits per heavy atom. The first-order valence-corrected chi connectivity index (χ1v) is 7.30. The summed E-state index contributed by atoms with van der Waals surface area (Å²) in [4.78, 5) is 22.8. The van der Waals surface area contributed by atoms with Crippen LogP contribution in [-0.4, -0.2) is 17.9 Å². The van der Waals surface area contributed by atoms with Gasteiger partial charge in [-0.15, -0.1) is 0 Å². The van der Waals surface area contributed by atoms with E-state index in [1.165, 1.54) is 18.4 Å². The van der Waals surface area contributed by atoms with Crippen molar-refractivity contribution in [1.29, 1.82) is 0 Å². The molecule has 2 N–H and O–H groups in total. The summed E-state index contributed by atoms with van der Waals surface area (Å²) in [5.41, 5.74) is 2.24. The number of imide groups is 1. The second kappa shape index (κ2) is 6.55. The number of hydrogen-bond acceptors (Lipinski definition) is 3. The van der Waals surface area contributed by atoms with E-state index < -0.39 is 0 Å². The molecule has 0 bridgehead atoms. The van der Waals surface area contributed by atoms with Gasteiger partial charge in [0.15, 0.2) is 0 Å². The van der Waals surface area contributed by atoms with Crippen molar-refractivity contribution >= 4 is 17.5 Å². The molecule has 0 radical (unpaired) electrons. The first-order chi connectivity index (χ1) is 9.60. The van der Waals surface area contributed by atoms with Crippen LogP contribution in [0.2, 0.25) is 0 Å². The molecule has 1 aromatic carbocycles. The Hall–Kier alpha value is -1.84. The van der Waals surface area contributed by atoms with E-state index in [1.807, 2.05) is 12.1 Å². The number of piperidine rings is 1. The third kappa shape index (κ3) is 3.59. The molecule has 1 aliphatic rings. The highest BCUT2D eigenvalue weighted by molar-refractivity contribution is 6.01. The number of nitrogens with one attached hydrogen (secondary N) is 2. The van der Waals surface area contributed by atoms with Gasteiger partial charge < -0.3 is 5.32 Å². The van der Waals surface area contributed by atoms with E-state index in [-0.39, 0.29) is 17.9 Å². The van der Waals surface area contributed by atoms with Crippen molar-refractivity contribution in [3.63, 3.8) is 0 Å². The zero-order chi connectivity index (χ0) is 14.5. The number of rotatable bonds is 5. The molecule has 1 aliphatic heterocycles. The van der Waals surface area contributed by atoms with Crippen LogP contribution in [0.15, 0.2) is 24.3 Å². The number of amides is 2. The normalized spacial score (nSPS) is 20.4. The highest BCUT2D eigenvalue weighted by Gasteiger charge is 2.26. The van der Waals surface area contributed by atoms with Crippen molar-refractivity contribution < 1.29 is 9.59 Å². The van der Waals surface area contributed by atoms with Crippen LogP contribution >= 0.6 is 0 Å². The van der Waals surface area contributed by atoms with Crippen molar-refractivity contribution in [2.75, 3.05) is 5.32 Å². The van der Waals surface area contributed by atoms with E-state index in [2.05, 4.69) is 36.6 Å². The summed E-state index contributed by atoms with van der Waals surface area (Å²) in [7, 11) is 0. The Kier molecular flexibility index (Phi) is 4.77. The SMILES string of the molecule is CCCC(C)c1ccc(NC2CCC(=O)NC2=O)cc1. The van der Waals surface area contributed by atoms with Gasteiger partial charge >= 0.3 is 0 Å². The lowest BCUT2D eigenvalue weighted by molar-refractivity contribution is -0.133. The predicted molar refractivity (Wildman–Crippen MR) is 79.6 cm³/mol. The minimum Gasteiger partial charge on any atom is -0.374 e. The fourth-order valence-corrected chi connectivity index (χ4v) is 2.54. The molecule has 4 nitrogen and oxygen atoms in total. The molecule has 2 amide bonds. The lowest BCUT2D eigenvalue weighted by Gasteiger charge is -2.23. The summed E-state index contributed by atoms with van der Waals surface area (Å²) in [5.74, 6) is 0.145. The third-order valence-electron chi connectivity index (χ3n) is 3.78. The summed E-state index contributed by atoms with van der Waals surface area (Å²) in [6.07, 6.45) is 3.31. The molecule has 20 heavy (non-hydrogen) atoms. The van der Waals surface area contributed by atoms with Gasteiger partial charge in [-0.05, 0) is 36.5 Å². The Morgan fingerprint density at radius 3 is 2.60 bits per heavy atom. The average Bonchev–Trinajstić information content (AvgIpc) is 2.43. The molecule has 108 valence electrons. The minimum absolute atomic E-state index is 0.184. The van der Waals surface area contributed by atoms with Crippen LogP contribution in [-0.2, 0) is 9.59 Å². The number of carbonyl (C=O) groups excluding carboxylic acids is 2. The fraction of sp³-hybridized carbons (Fsp3) is 0.500. The topological polar surface area (TPSA) is 58.2 Å². The van der Waals surface area contributed by atoms with Gasteiger partial charge in [0, 0.05) is 12.1 Å². The van der Waals surface area contributed by atoms with Crippen molar-refractivity contribution in [2.24, 2.45) is 0 Å². The van der Waals surface area contributed by atoms with E-state index in [0.29, 0.717) is 18.8 Å². The molecular weight excluding hydrogens is 252 g/mol. The van der Waals surface area contributed by atoms with E-state index in [1.54, 1.807) is 0 Å². The van der Waals surface area contributed by atoms with Crippen LogP contribution in [0.1, 0.15) is 51.0 Å². The monoisotopic (exact) mass is 274 g/mol. The zero-order valence-corrected chi connectivity index (χ0v) is 12.1. The highest BCUT2D eigenvalue weighted by Crippen LogP contribution is 2.22. The molecule has 1 heterocycles. The fourth-order valence-electron chi connectivity index (χ4n) is 2.54. The summed E-state index contributed by atoms with van der Waals surface area (Å²) in [5, 5.41) is 5.54. The molecule has 2 rings (SSSR count). The lowest BCUT2D eigenvalue weighted by atomic mass is 9.96. The Balaban J connectivity index is 1.97. The first kappa shape index (κ1) is 14.6. The van der Waals surface area contributed by atoms with Gasteiger partial charge in [-0.1, -0.05) is 32.4 Å². The number of carbonyl (C=O) groups is 2. The predicted octanol–water partition coefficient (Wildman–Crippen LogP) is 2.81. The largest absolute Gasteiger partial charge is 0.374 e. The van der Waals surface area contributed by atoms with Gasteiger partial charge in [-0.25, -0.2) is 0 Å². The van der Waals surface area contributed by atoms with E-state index in [4.69, 9.17) is 0 Å². The van der Waals surface area contributed by atoms with Crippen LogP contribution in [0.5, 0.6) is 0 Å². The van der Waals surface area contributed by atoms with Crippen LogP contribution in [0.25, 0.3) is 0 Å². The Labute approximate surface area is 119 Å². The van der Waals surface area contributed by atoms with Crippen LogP contribution in [0.3, 0.4) is 0 Å². The van der Waals surface area contributed by atoms with Gasteiger partial charge in [-0.2, -0.15) is 0 Å². The van der Waals surface area contributed by atoms with Gasteiger partial charge in [-0.3, -0.25) is 14.9 Å². The van der Waals surface area contributed by atoms with Crippen molar-refractivity contribution in [2.45, 2.75) is 51.5 Å². The number of hydrogen-bond donors (Lipinski definition) is 2. The lowest BCUT2D eigenvalue weighted by Crippen LogP contribution is -2.47. The summed E-state index contributed by atoms with van der Waals surface area (Å²) in [6, 6.07) is 7.91. The maximum Gasteiger partial charge on any atom is 0.249 e. The molecule has 4 heteroatoms. The highest BCUT2D eigenvalue weighted by atomic mass is 16.2. The quantitative estimate of drug-likeness (QED) is 0.812. The zero-order valence-electron chi connectivity index (χ0n) is 12.1. The van der Waals surface area contributed by atoms with Gasteiger partial charge in [0.2, 0.25) is 11.8 Å². The van der Waals surface area contributed by atoms with Crippen LogP contribution < -0.4 is 10.6 Å². The molecule has 0 aliphatic carbocycles. The Bertz CT molecular complexity index is 482. The van der Waals surface area contributed by atoms with Crippen molar-refractivity contribution in [3.8, 4) is 0 Å². The molecule has 1 fully saturated rings. The molecule has 0 aromatic heterocycles. The van der Waals surface area contributed by atoms with Crippen LogP contribution in [0, 0.1) is 0 Å². The smallest absolute Gasteiger partial charge is 0.249 e. The van der Waals surface area contributed by atoms with Gasteiger partial charge in [0.25, 0.3) is 0 Å². The third-order valence-corrected chi connectivity index (χ3v) is 3.78. The maximum atomic E-state index is 11.7. The molecular formula is C16H22N2O2. The van der Waals surface area contributed by atoms with Crippen molar-refractivity contribution in [3.05, 3.63) is 29.8 Å². The van der Waals surface area contributed by atoms with Gasteiger partial charge in [0.05, 0.1) is 0 Å². The molecule has 0 saturated carbocycles. The van der Waals surface area contributed by atoms with Gasteiger partial charge in [0.1, 0.15) is 6.04 Å². The first-order valence-electron chi connectivity index (χ1n) is 7.30. The molecule has 0 spiro atoms. The van der Waals surface area contributed by atoms with Crippen molar-refractivity contribution in [1.82, 2.24) is 5.32 Å². The summed E-state index contributed by atoms with van der Waals surface area (Å²) in [6.45, 7) is 4.42. The number of anilines is 1. The minimum atomic E-state index is -0.313. The van der Waals surface area contributed by atoms with E-state index in [9.17, 15) is 9.59 Å². The Morgan fingerprint density at radius 2 is 2.00 bits per heavy atom. The van der Waals surface area contributed by atoms with E-state index >= 15 is 0 Å². The summed E-state index contributed by atoms with van der Waals surface area (Å²) >= 11 is 0. The maximum absolute atomic E-state index is 11.7. The molecule has 2 atom stereocenters. The second-order valence-corrected chi connectivity index (χ2v) is 5.46. The second-order valence-electron chi connectivity index (χ2n) is 5.46. The average molecular weight is 274 g/mol. The summed E-state index contributed by atoms with van der Waals surface area (Å²) < 4.78 is 0. The van der Waals surface area contributed by atoms with E-state index in [0.717, 1.165) is 5.69 Å². The standard InChI is InChI=1S/C16H22N2O2/c1-3-4-11(2)12-5-7-13(8-6-12)17-14-9-10-15(19)18-16(14)20/h5-8,11,14,17H,3-4,9-10H2,1-2H3,(H,18,19,20). The van der Waals surface area contributed by atoms with Crippen LogP contribution in [0.4, 0.5) is 5.69 Å². The molecule has 2 unspecified atom stereocenters. The molecule has 1 aromatic rings. The molecule has 1 saturated heterocycles.